The molecule has 4 nitrogen and oxygen atoms in total. The topological polar surface area (TPSA) is 66.4 Å². The van der Waals surface area contributed by atoms with E-state index < -0.39 is 12.0 Å². The van der Waals surface area contributed by atoms with Gasteiger partial charge in [0.15, 0.2) is 0 Å². The Morgan fingerprint density at radius 1 is 0.788 bits per heavy atom. The van der Waals surface area contributed by atoms with Crippen LogP contribution in [0.1, 0.15) is 115 Å². The van der Waals surface area contributed by atoms with Crippen LogP contribution in [-0.4, -0.2) is 28.8 Å². The molecule has 0 spiro atoms. The van der Waals surface area contributed by atoms with Crippen molar-refractivity contribution in [1.82, 2.24) is 5.32 Å². The highest BCUT2D eigenvalue weighted by atomic mass is 32.2. The van der Waals surface area contributed by atoms with Crippen LogP contribution < -0.4 is 5.32 Å². The van der Waals surface area contributed by atoms with E-state index in [1.165, 1.54) is 95.2 Å². The van der Waals surface area contributed by atoms with Gasteiger partial charge in [-0.05, 0) is 12.0 Å². The van der Waals surface area contributed by atoms with Crippen molar-refractivity contribution in [2.24, 2.45) is 0 Å². The summed E-state index contributed by atoms with van der Waals surface area (Å²) in [7, 11) is 0. The first-order valence-electron chi connectivity index (χ1n) is 13.3. The number of carboxylic acid groups (broad SMARTS) is 1. The third kappa shape index (κ3) is 17.6. The van der Waals surface area contributed by atoms with Gasteiger partial charge < -0.3 is 10.4 Å². The molecule has 188 valence electrons. The predicted octanol–water partition coefficient (Wildman–Crippen LogP) is 7.75. The predicted molar refractivity (Wildman–Crippen MR) is 142 cm³/mol. The van der Waals surface area contributed by atoms with Crippen molar-refractivity contribution in [1.29, 1.82) is 0 Å². The maximum atomic E-state index is 12.1. The summed E-state index contributed by atoms with van der Waals surface area (Å²) >= 11 is 1.54. The van der Waals surface area contributed by atoms with Gasteiger partial charge in [0.2, 0.25) is 5.91 Å². The molecular weight excluding hydrogens is 430 g/mol. The third-order valence-corrected chi connectivity index (χ3v) is 7.14. The van der Waals surface area contributed by atoms with Gasteiger partial charge in [-0.25, -0.2) is 4.79 Å². The van der Waals surface area contributed by atoms with Gasteiger partial charge in [-0.3, -0.25) is 4.79 Å². The molecule has 0 radical (unpaired) electrons. The first-order valence-corrected chi connectivity index (χ1v) is 14.4. The van der Waals surface area contributed by atoms with Crippen molar-refractivity contribution in [3.8, 4) is 0 Å². The van der Waals surface area contributed by atoms with Crippen LogP contribution in [-0.2, 0) is 15.3 Å². The lowest BCUT2D eigenvalue weighted by Crippen LogP contribution is -2.42. The summed E-state index contributed by atoms with van der Waals surface area (Å²) in [4.78, 5) is 23.6. The number of carbonyl (C=O) groups excluding carboxylic acids is 1. The van der Waals surface area contributed by atoms with E-state index in [1.807, 2.05) is 30.3 Å². The lowest BCUT2D eigenvalue weighted by atomic mass is 10.0. The Balaban J connectivity index is 1.94. The molecule has 2 N–H and O–H groups in total. The van der Waals surface area contributed by atoms with Crippen LogP contribution in [0.5, 0.6) is 0 Å². The van der Waals surface area contributed by atoms with Crippen molar-refractivity contribution in [2.75, 3.05) is 5.75 Å². The van der Waals surface area contributed by atoms with Crippen LogP contribution in [0.3, 0.4) is 0 Å². The van der Waals surface area contributed by atoms with Crippen LogP contribution in [0.25, 0.3) is 0 Å². The average Bonchev–Trinajstić information content (AvgIpc) is 2.81. The van der Waals surface area contributed by atoms with E-state index in [1.54, 1.807) is 0 Å². The van der Waals surface area contributed by atoms with Gasteiger partial charge in [-0.1, -0.05) is 127 Å². The zero-order valence-corrected chi connectivity index (χ0v) is 21.7. The summed E-state index contributed by atoms with van der Waals surface area (Å²) in [5.74, 6) is 0.0340. The summed E-state index contributed by atoms with van der Waals surface area (Å²) in [6, 6.07) is 9.15. The number of hydrogen-bond acceptors (Lipinski definition) is 3. The van der Waals surface area contributed by atoms with E-state index in [-0.39, 0.29) is 5.91 Å². The number of benzene rings is 1. The molecule has 1 rings (SSSR count). The van der Waals surface area contributed by atoms with E-state index in [4.69, 9.17) is 0 Å². The van der Waals surface area contributed by atoms with Gasteiger partial charge >= 0.3 is 5.97 Å². The molecule has 33 heavy (non-hydrogen) atoms. The molecule has 0 aromatic heterocycles. The molecule has 0 fully saturated rings. The van der Waals surface area contributed by atoms with Gasteiger partial charge in [0, 0.05) is 17.9 Å². The summed E-state index contributed by atoms with van der Waals surface area (Å²) in [6.45, 7) is 2.27. The van der Waals surface area contributed by atoms with Crippen LogP contribution in [0, 0.1) is 0 Å². The molecule has 0 aliphatic heterocycles. The zero-order valence-electron chi connectivity index (χ0n) is 20.9. The van der Waals surface area contributed by atoms with Crippen molar-refractivity contribution >= 4 is 23.6 Å². The molecule has 0 bridgehead atoms. The standard InChI is InChI=1S/C28H47NO3S/c1-2-3-4-5-6-7-8-9-10-11-12-13-14-15-19-22-27(30)29-26(28(31)32)24-33-23-25-20-17-16-18-21-25/h16-18,20-21,26H,2-15,19,22-24H2,1H3,(H,29,30)(H,31,32). The number of carboxylic acids is 1. The quantitative estimate of drug-likeness (QED) is 0.168. The molecule has 0 heterocycles. The fraction of sp³-hybridized carbons (Fsp3) is 0.714. The molecule has 1 aromatic carbocycles. The average molecular weight is 478 g/mol. The van der Waals surface area contributed by atoms with Crippen LogP contribution in [0.15, 0.2) is 30.3 Å². The van der Waals surface area contributed by atoms with E-state index >= 15 is 0 Å². The molecular formula is C28H47NO3S. The van der Waals surface area contributed by atoms with Crippen molar-refractivity contribution < 1.29 is 14.7 Å². The number of thioether (sulfide) groups is 1. The minimum absolute atomic E-state index is 0.141. The van der Waals surface area contributed by atoms with Crippen molar-refractivity contribution in [3.05, 3.63) is 35.9 Å². The molecule has 1 amide bonds. The van der Waals surface area contributed by atoms with Gasteiger partial charge in [0.25, 0.3) is 0 Å². The Labute approximate surface area is 206 Å². The SMILES string of the molecule is CCCCCCCCCCCCCCCCCC(=O)NC(CSCc1ccccc1)C(=O)O. The second-order valence-electron chi connectivity index (χ2n) is 9.16. The van der Waals surface area contributed by atoms with Crippen LogP contribution >= 0.6 is 11.8 Å². The lowest BCUT2D eigenvalue weighted by molar-refractivity contribution is -0.141. The fourth-order valence-electron chi connectivity index (χ4n) is 3.97. The highest BCUT2D eigenvalue weighted by Gasteiger charge is 2.19. The summed E-state index contributed by atoms with van der Waals surface area (Å²) in [5.41, 5.74) is 1.16. The minimum Gasteiger partial charge on any atom is -0.480 e. The normalized spacial score (nSPS) is 11.9. The number of rotatable bonds is 22. The van der Waals surface area contributed by atoms with Crippen LogP contribution in [0.2, 0.25) is 0 Å². The molecule has 1 atom stereocenters. The maximum absolute atomic E-state index is 12.1. The fourth-order valence-corrected chi connectivity index (χ4v) is 4.97. The highest BCUT2D eigenvalue weighted by molar-refractivity contribution is 7.98. The van der Waals surface area contributed by atoms with Crippen molar-refractivity contribution in [2.45, 2.75) is 121 Å². The molecule has 5 heteroatoms. The number of carbonyl (C=O) groups is 2. The first-order chi connectivity index (χ1) is 16.1. The Morgan fingerprint density at radius 2 is 1.27 bits per heavy atom. The van der Waals surface area contributed by atoms with E-state index in [2.05, 4.69) is 12.2 Å². The molecule has 0 saturated carbocycles. The number of aliphatic carboxylic acids is 1. The Kier molecular flexibility index (Phi) is 18.9. The maximum Gasteiger partial charge on any atom is 0.327 e. The lowest BCUT2D eigenvalue weighted by Gasteiger charge is -2.14. The number of nitrogens with one attached hydrogen (secondary N) is 1. The Morgan fingerprint density at radius 3 is 1.76 bits per heavy atom. The number of unbranched alkanes of at least 4 members (excludes halogenated alkanes) is 14. The summed E-state index contributed by atoms with van der Waals surface area (Å²) < 4.78 is 0. The van der Waals surface area contributed by atoms with Crippen molar-refractivity contribution in [3.63, 3.8) is 0 Å². The van der Waals surface area contributed by atoms with E-state index in [9.17, 15) is 14.7 Å². The zero-order chi connectivity index (χ0) is 24.0. The minimum atomic E-state index is -0.958. The molecule has 1 aromatic rings. The van der Waals surface area contributed by atoms with E-state index in [0.29, 0.717) is 12.2 Å². The molecule has 1 unspecified atom stereocenters. The summed E-state index contributed by atoms with van der Waals surface area (Å²) in [5, 5.41) is 12.1. The van der Waals surface area contributed by atoms with Crippen LogP contribution in [0.4, 0.5) is 0 Å². The second-order valence-corrected chi connectivity index (χ2v) is 10.2. The van der Waals surface area contributed by atoms with Gasteiger partial charge in [-0.2, -0.15) is 11.8 Å². The number of amides is 1. The largest absolute Gasteiger partial charge is 0.480 e. The Bertz CT molecular complexity index is 608. The van der Waals surface area contributed by atoms with Gasteiger partial charge in [0.05, 0.1) is 0 Å². The molecule has 0 aliphatic rings. The molecule has 0 aliphatic carbocycles. The monoisotopic (exact) mass is 477 g/mol. The smallest absolute Gasteiger partial charge is 0.327 e. The molecule has 0 saturated heterocycles. The van der Waals surface area contributed by atoms with Gasteiger partial charge in [-0.15, -0.1) is 0 Å². The summed E-state index contributed by atoms with van der Waals surface area (Å²) in [6.07, 6.45) is 19.8. The number of hydrogen-bond donors (Lipinski definition) is 2. The van der Waals surface area contributed by atoms with E-state index in [0.717, 1.165) is 24.2 Å². The first kappa shape index (κ1) is 29.5. The van der Waals surface area contributed by atoms with Gasteiger partial charge in [0.1, 0.15) is 6.04 Å². The third-order valence-electron chi connectivity index (χ3n) is 6.04. The Hall–Kier alpha value is -1.49. The second kappa shape index (κ2) is 21.1. The highest BCUT2D eigenvalue weighted by Crippen LogP contribution is 2.15.